The second-order valence-electron chi connectivity index (χ2n) is 7.39. The Bertz CT molecular complexity index is 1290. The number of nitrogens with zero attached hydrogens (tertiary/aromatic N) is 2. The van der Waals surface area contributed by atoms with Crippen LogP contribution in [0.3, 0.4) is 0 Å². The van der Waals surface area contributed by atoms with Crippen molar-refractivity contribution in [3.8, 4) is 0 Å². The maximum atomic E-state index is 12.9. The summed E-state index contributed by atoms with van der Waals surface area (Å²) in [4.78, 5) is 50.0. The maximum Gasteiger partial charge on any atom is 0.332 e. The van der Waals surface area contributed by atoms with E-state index < -0.39 is 22.9 Å². The molecule has 3 rings (SSSR count). The summed E-state index contributed by atoms with van der Waals surface area (Å²) in [6.07, 6.45) is 0. The number of Topliss-reactive ketones (excluding diaryl/α,β-unsaturated/α-hetero) is 1. The minimum absolute atomic E-state index is 0.0974. The van der Waals surface area contributed by atoms with Crippen LogP contribution in [0.2, 0.25) is 0 Å². The van der Waals surface area contributed by atoms with Gasteiger partial charge in [-0.25, -0.2) is 4.79 Å². The predicted octanol–water partition coefficient (Wildman–Crippen LogP) is 1.36. The fraction of sp³-hybridized carbons (Fsp3) is 0.217. The van der Waals surface area contributed by atoms with Gasteiger partial charge in [-0.05, 0) is 37.6 Å². The van der Waals surface area contributed by atoms with E-state index in [0.29, 0.717) is 5.69 Å². The molecular weight excluding hydrogens is 410 g/mol. The molecule has 0 spiro atoms. The minimum atomic E-state index is -0.729. The van der Waals surface area contributed by atoms with Gasteiger partial charge in [-0.15, -0.1) is 0 Å². The summed E-state index contributed by atoms with van der Waals surface area (Å²) >= 11 is 0. The van der Waals surface area contributed by atoms with E-state index in [1.54, 1.807) is 25.1 Å². The summed E-state index contributed by atoms with van der Waals surface area (Å²) in [6, 6.07) is 13.9. The molecule has 1 aromatic heterocycles. The molecule has 2 aromatic carbocycles. The van der Waals surface area contributed by atoms with Crippen molar-refractivity contribution in [1.29, 1.82) is 0 Å². The highest BCUT2D eigenvalue weighted by molar-refractivity contribution is 6.02. The van der Waals surface area contributed by atoms with Crippen molar-refractivity contribution in [2.45, 2.75) is 26.9 Å². The third-order valence-corrected chi connectivity index (χ3v) is 5.12. The Morgan fingerprint density at radius 1 is 1.03 bits per heavy atom. The molecule has 0 radical (unpaired) electrons. The molecule has 32 heavy (non-hydrogen) atoms. The van der Waals surface area contributed by atoms with E-state index in [1.165, 1.54) is 10.6 Å². The predicted molar refractivity (Wildman–Crippen MR) is 123 cm³/mol. The molecule has 0 unspecified atom stereocenters. The van der Waals surface area contributed by atoms with Crippen molar-refractivity contribution >= 4 is 23.2 Å². The largest absolute Gasteiger partial charge is 0.384 e. The number of amides is 1. The molecule has 0 saturated heterocycles. The molecule has 0 fully saturated rings. The van der Waals surface area contributed by atoms with E-state index >= 15 is 0 Å². The van der Waals surface area contributed by atoms with Crippen LogP contribution in [-0.2, 0) is 13.1 Å². The highest BCUT2D eigenvalue weighted by Gasteiger charge is 2.22. The summed E-state index contributed by atoms with van der Waals surface area (Å²) in [7, 11) is 0. The van der Waals surface area contributed by atoms with Crippen molar-refractivity contribution in [3.63, 3.8) is 0 Å². The van der Waals surface area contributed by atoms with E-state index in [0.717, 1.165) is 15.7 Å². The van der Waals surface area contributed by atoms with Gasteiger partial charge in [-0.2, -0.15) is 0 Å². The van der Waals surface area contributed by atoms with Crippen molar-refractivity contribution in [3.05, 3.63) is 91.6 Å². The second-order valence-corrected chi connectivity index (χ2v) is 7.39. The second kappa shape index (κ2) is 9.34. The quantitative estimate of drug-likeness (QED) is 0.456. The van der Waals surface area contributed by atoms with Gasteiger partial charge in [0.15, 0.2) is 5.78 Å². The molecular formula is C23H25N5O4. The van der Waals surface area contributed by atoms with Crippen LogP contribution in [0, 0.1) is 6.92 Å². The molecule has 5 N–H and O–H groups in total. The summed E-state index contributed by atoms with van der Waals surface area (Å²) in [6.45, 7) is 3.56. The number of benzene rings is 2. The van der Waals surface area contributed by atoms with Gasteiger partial charge in [0.1, 0.15) is 11.4 Å². The fourth-order valence-electron chi connectivity index (χ4n) is 3.34. The van der Waals surface area contributed by atoms with E-state index in [2.05, 4.69) is 5.32 Å². The maximum absolute atomic E-state index is 12.9. The monoisotopic (exact) mass is 435 g/mol. The van der Waals surface area contributed by atoms with Gasteiger partial charge in [-0.1, -0.05) is 35.9 Å². The molecule has 0 aliphatic rings. The number of aromatic nitrogens is 2. The molecule has 9 nitrogen and oxygen atoms in total. The van der Waals surface area contributed by atoms with Gasteiger partial charge < -0.3 is 16.8 Å². The number of nitrogens with two attached hydrogens (primary N) is 2. The average molecular weight is 435 g/mol. The lowest BCUT2D eigenvalue weighted by molar-refractivity contribution is 0.0994. The number of ketones is 1. The summed E-state index contributed by atoms with van der Waals surface area (Å²) in [5.41, 5.74) is 12.5. The van der Waals surface area contributed by atoms with E-state index in [4.69, 9.17) is 11.5 Å². The molecule has 9 heteroatoms. The van der Waals surface area contributed by atoms with Gasteiger partial charge in [0.25, 0.3) is 5.56 Å². The molecule has 0 aliphatic carbocycles. The van der Waals surface area contributed by atoms with Crippen LogP contribution in [0.4, 0.5) is 11.5 Å². The standard InChI is InChI=1S/C23H25N5O4/c1-3-27-22(31)19(18(29)12-26-17-6-4-5-16(11-17)21(25)30)20(24)28(23(27)32)13-15-9-7-14(2)8-10-15/h4-11,26H,3,12-13,24H2,1-2H3,(H2,25,30). The molecule has 166 valence electrons. The minimum Gasteiger partial charge on any atom is -0.384 e. The molecule has 1 amide bonds. The Labute approximate surface area is 184 Å². The van der Waals surface area contributed by atoms with Crippen LogP contribution in [0.25, 0.3) is 0 Å². The first-order valence-corrected chi connectivity index (χ1v) is 10.1. The van der Waals surface area contributed by atoms with Crippen LogP contribution in [0.5, 0.6) is 0 Å². The number of hydrogen-bond donors (Lipinski definition) is 3. The fourth-order valence-corrected chi connectivity index (χ4v) is 3.34. The third kappa shape index (κ3) is 4.61. The van der Waals surface area contributed by atoms with Gasteiger partial charge in [0.2, 0.25) is 5.91 Å². The number of rotatable bonds is 8. The number of nitrogens with one attached hydrogen (secondary N) is 1. The lowest BCUT2D eigenvalue weighted by Crippen LogP contribution is -2.44. The van der Waals surface area contributed by atoms with Gasteiger partial charge >= 0.3 is 5.69 Å². The van der Waals surface area contributed by atoms with Crippen LogP contribution in [0.1, 0.15) is 38.8 Å². The number of anilines is 2. The first-order chi connectivity index (χ1) is 15.2. The molecule has 1 heterocycles. The first kappa shape index (κ1) is 22.5. The van der Waals surface area contributed by atoms with E-state index in [9.17, 15) is 19.2 Å². The zero-order chi connectivity index (χ0) is 23.4. The SMILES string of the molecule is CCn1c(=O)c(C(=O)CNc2cccc(C(N)=O)c2)c(N)n(Cc2ccc(C)cc2)c1=O. The Balaban J connectivity index is 1.96. The summed E-state index contributed by atoms with van der Waals surface area (Å²) in [5.74, 6) is -1.35. The van der Waals surface area contributed by atoms with Gasteiger partial charge in [0, 0.05) is 17.8 Å². The number of hydrogen-bond acceptors (Lipinski definition) is 6. The number of nitrogen functional groups attached to an aromatic ring is 1. The highest BCUT2D eigenvalue weighted by Crippen LogP contribution is 2.13. The molecule has 0 aliphatic heterocycles. The Hall–Kier alpha value is -4.14. The van der Waals surface area contributed by atoms with Crippen molar-refractivity contribution < 1.29 is 9.59 Å². The Kier molecular flexibility index (Phi) is 6.58. The van der Waals surface area contributed by atoms with Crippen LogP contribution in [-0.4, -0.2) is 27.4 Å². The van der Waals surface area contributed by atoms with Gasteiger partial charge in [-0.3, -0.25) is 23.5 Å². The number of primary amides is 1. The third-order valence-electron chi connectivity index (χ3n) is 5.12. The summed E-state index contributed by atoms with van der Waals surface area (Å²) in [5, 5.41) is 2.87. The first-order valence-electron chi connectivity index (χ1n) is 10.1. The molecule has 3 aromatic rings. The molecule has 0 atom stereocenters. The number of aryl methyl sites for hydroxylation is 1. The van der Waals surface area contributed by atoms with Crippen LogP contribution < -0.4 is 28.0 Å². The zero-order valence-electron chi connectivity index (χ0n) is 17.9. The molecule has 0 bridgehead atoms. The van der Waals surface area contributed by atoms with Crippen molar-refractivity contribution in [2.24, 2.45) is 5.73 Å². The van der Waals surface area contributed by atoms with E-state index in [1.807, 2.05) is 31.2 Å². The lowest BCUT2D eigenvalue weighted by Gasteiger charge is -2.16. The zero-order valence-corrected chi connectivity index (χ0v) is 17.9. The number of carbonyl (C=O) groups excluding carboxylic acids is 2. The normalized spacial score (nSPS) is 10.7. The highest BCUT2D eigenvalue weighted by atomic mass is 16.2. The number of carbonyl (C=O) groups is 2. The van der Waals surface area contributed by atoms with Crippen LogP contribution in [0.15, 0.2) is 58.1 Å². The van der Waals surface area contributed by atoms with E-state index in [-0.39, 0.29) is 36.6 Å². The topological polar surface area (TPSA) is 142 Å². The van der Waals surface area contributed by atoms with Gasteiger partial charge in [0.05, 0.1) is 13.1 Å². The van der Waals surface area contributed by atoms with Crippen molar-refractivity contribution in [1.82, 2.24) is 9.13 Å². The summed E-state index contributed by atoms with van der Waals surface area (Å²) < 4.78 is 2.22. The van der Waals surface area contributed by atoms with Crippen molar-refractivity contribution in [2.75, 3.05) is 17.6 Å². The average Bonchev–Trinajstić information content (AvgIpc) is 2.77. The molecule has 0 saturated carbocycles. The lowest BCUT2D eigenvalue weighted by atomic mass is 10.1. The van der Waals surface area contributed by atoms with Crippen LogP contribution >= 0.6 is 0 Å². The Morgan fingerprint density at radius 3 is 2.34 bits per heavy atom. The smallest absolute Gasteiger partial charge is 0.332 e. The Morgan fingerprint density at radius 2 is 1.72 bits per heavy atom.